The highest BCUT2D eigenvalue weighted by molar-refractivity contribution is 7.54. The molecule has 0 unspecified atom stereocenters. The second kappa shape index (κ2) is 6.48. The van der Waals surface area contributed by atoms with Crippen molar-refractivity contribution in [3.05, 3.63) is 34.9 Å². The van der Waals surface area contributed by atoms with E-state index >= 15 is 0 Å². The lowest BCUT2D eigenvalue weighted by Gasteiger charge is -2.25. The third-order valence-electron chi connectivity index (χ3n) is 2.92. The summed E-state index contributed by atoms with van der Waals surface area (Å²) < 4.78 is 23.2. The van der Waals surface area contributed by atoms with Crippen molar-refractivity contribution in [2.75, 3.05) is 13.2 Å². The zero-order valence-electron chi connectivity index (χ0n) is 11.5. The van der Waals surface area contributed by atoms with E-state index in [1.807, 2.05) is 32.0 Å². The zero-order chi connectivity index (χ0) is 13.8. The first kappa shape index (κ1) is 15.4. The number of benzene rings is 1. The van der Waals surface area contributed by atoms with E-state index in [0.29, 0.717) is 13.2 Å². The van der Waals surface area contributed by atoms with E-state index in [0.717, 1.165) is 16.7 Å². The van der Waals surface area contributed by atoms with Crippen molar-refractivity contribution in [1.29, 1.82) is 0 Å². The van der Waals surface area contributed by atoms with Gasteiger partial charge < -0.3 is 14.8 Å². The van der Waals surface area contributed by atoms with E-state index in [4.69, 9.17) is 14.8 Å². The maximum atomic E-state index is 12.6. The molecule has 0 bridgehead atoms. The average molecular weight is 271 g/mol. The average Bonchev–Trinajstić information content (AvgIpc) is 2.32. The van der Waals surface area contributed by atoms with Crippen LogP contribution in [0.1, 0.15) is 36.3 Å². The molecule has 4 nitrogen and oxygen atoms in total. The van der Waals surface area contributed by atoms with Gasteiger partial charge in [-0.05, 0) is 44.4 Å². The van der Waals surface area contributed by atoms with Crippen LogP contribution in [0.4, 0.5) is 0 Å². The highest BCUT2D eigenvalue weighted by atomic mass is 31.2. The molecule has 0 aliphatic heterocycles. The molecule has 1 atom stereocenters. The van der Waals surface area contributed by atoms with Gasteiger partial charge in [0.2, 0.25) is 0 Å². The van der Waals surface area contributed by atoms with Crippen LogP contribution in [0.3, 0.4) is 0 Å². The molecule has 0 radical (unpaired) electrons. The topological polar surface area (TPSA) is 61.5 Å². The summed E-state index contributed by atoms with van der Waals surface area (Å²) in [5.41, 5.74) is 9.07. The molecule has 1 aromatic carbocycles. The Hall–Kier alpha value is -0.670. The van der Waals surface area contributed by atoms with Crippen LogP contribution >= 0.6 is 7.60 Å². The van der Waals surface area contributed by atoms with Crippen molar-refractivity contribution in [3.8, 4) is 0 Å². The van der Waals surface area contributed by atoms with Crippen LogP contribution in [0, 0.1) is 13.8 Å². The van der Waals surface area contributed by atoms with Crippen LogP contribution < -0.4 is 5.73 Å². The van der Waals surface area contributed by atoms with Crippen LogP contribution in [-0.2, 0) is 13.6 Å². The molecule has 0 aliphatic rings. The molecule has 0 amide bonds. The largest absolute Gasteiger partial charge is 0.351 e. The normalized spacial score (nSPS) is 13.6. The van der Waals surface area contributed by atoms with Crippen molar-refractivity contribution >= 4 is 7.60 Å². The fourth-order valence-corrected chi connectivity index (χ4v) is 3.56. The smallest absolute Gasteiger partial charge is 0.314 e. The molecular formula is C13H22NO3P. The molecule has 0 fully saturated rings. The van der Waals surface area contributed by atoms with E-state index in [-0.39, 0.29) is 0 Å². The first-order chi connectivity index (χ1) is 8.46. The molecule has 0 heterocycles. The van der Waals surface area contributed by atoms with Gasteiger partial charge in [0.1, 0.15) is 5.78 Å². The third-order valence-corrected chi connectivity index (χ3v) is 5.12. The first-order valence-corrected chi connectivity index (χ1v) is 7.78. The number of hydrogen-bond donors (Lipinski definition) is 1. The number of aryl methyl sites for hydroxylation is 1. The van der Waals surface area contributed by atoms with Gasteiger partial charge in [0.15, 0.2) is 0 Å². The lowest BCUT2D eigenvalue weighted by Crippen LogP contribution is -2.16. The molecule has 2 N–H and O–H groups in total. The summed E-state index contributed by atoms with van der Waals surface area (Å²) in [4.78, 5) is 0. The standard InChI is InChI=1S/C13H22NO3P/c1-5-16-18(15,17-6-2)13(14)12-9-7-8-10(3)11(12)4/h7-9,13H,5-6,14H2,1-4H3/t13-/m1/s1. The second-order valence-corrected chi connectivity index (χ2v) is 6.26. The Labute approximate surface area is 109 Å². The first-order valence-electron chi connectivity index (χ1n) is 6.16. The molecule has 0 aromatic heterocycles. The highest BCUT2D eigenvalue weighted by Crippen LogP contribution is 2.58. The van der Waals surface area contributed by atoms with Crippen molar-refractivity contribution in [1.82, 2.24) is 0 Å². The van der Waals surface area contributed by atoms with Crippen molar-refractivity contribution in [3.63, 3.8) is 0 Å². The van der Waals surface area contributed by atoms with Gasteiger partial charge in [-0.25, -0.2) is 0 Å². The molecule has 1 aromatic rings. The van der Waals surface area contributed by atoms with Crippen LogP contribution in [0.25, 0.3) is 0 Å². The Balaban J connectivity index is 3.13. The predicted molar refractivity (Wildman–Crippen MR) is 73.7 cm³/mol. The van der Waals surface area contributed by atoms with Gasteiger partial charge in [0.25, 0.3) is 0 Å². The summed E-state index contributed by atoms with van der Waals surface area (Å²) in [7, 11) is -3.30. The van der Waals surface area contributed by atoms with Gasteiger partial charge in [-0.1, -0.05) is 18.2 Å². The molecule has 1 rings (SSSR count). The molecule has 0 saturated heterocycles. The van der Waals surface area contributed by atoms with E-state index in [2.05, 4.69) is 0 Å². The number of nitrogens with two attached hydrogens (primary N) is 1. The summed E-state index contributed by atoms with van der Waals surface area (Å²) >= 11 is 0. The van der Waals surface area contributed by atoms with Gasteiger partial charge in [0.05, 0.1) is 13.2 Å². The number of rotatable bonds is 6. The summed E-state index contributed by atoms with van der Waals surface area (Å²) in [5.74, 6) is -0.739. The number of hydrogen-bond acceptors (Lipinski definition) is 4. The third kappa shape index (κ3) is 3.21. The van der Waals surface area contributed by atoms with Gasteiger partial charge in [-0.15, -0.1) is 0 Å². The zero-order valence-corrected chi connectivity index (χ0v) is 12.4. The van der Waals surface area contributed by atoms with E-state index < -0.39 is 13.4 Å². The van der Waals surface area contributed by atoms with Gasteiger partial charge in [0, 0.05) is 0 Å². The van der Waals surface area contributed by atoms with E-state index in [1.165, 1.54) is 0 Å². The van der Waals surface area contributed by atoms with Gasteiger partial charge in [-0.3, -0.25) is 4.57 Å². The van der Waals surface area contributed by atoms with Crippen molar-refractivity contribution in [2.45, 2.75) is 33.5 Å². The minimum Gasteiger partial charge on any atom is -0.314 e. The Kier molecular flexibility index (Phi) is 5.54. The molecule has 0 saturated carbocycles. The second-order valence-electron chi connectivity index (χ2n) is 4.11. The Morgan fingerprint density at radius 3 is 2.28 bits per heavy atom. The fourth-order valence-electron chi connectivity index (χ4n) is 1.82. The van der Waals surface area contributed by atoms with Crippen LogP contribution in [0.5, 0.6) is 0 Å². The Morgan fingerprint density at radius 1 is 1.22 bits per heavy atom. The van der Waals surface area contributed by atoms with Crippen LogP contribution in [0.15, 0.2) is 18.2 Å². The molecule has 0 aliphatic carbocycles. The molecule has 18 heavy (non-hydrogen) atoms. The maximum Gasteiger partial charge on any atom is 0.351 e. The van der Waals surface area contributed by atoms with Gasteiger partial charge >= 0.3 is 7.60 Å². The molecule has 0 spiro atoms. The fraction of sp³-hybridized carbons (Fsp3) is 0.538. The molecule has 102 valence electrons. The quantitative estimate of drug-likeness (QED) is 0.804. The van der Waals surface area contributed by atoms with Crippen molar-refractivity contribution < 1.29 is 13.6 Å². The molecule has 5 heteroatoms. The predicted octanol–water partition coefficient (Wildman–Crippen LogP) is 3.53. The summed E-state index contributed by atoms with van der Waals surface area (Å²) in [6.45, 7) is 8.15. The lowest BCUT2D eigenvalue weighted by molar-refractivity contribution is 0.212. The lowest BCUT2D eigenvalue weighted by atomic mass is 10.0. The minimum atomic E-state index is -3.30. The Bertz CT molecular complexity index is 438. The molecular weight excluding hydrogens is 249 g/mol. The minimum absolute atomic E-state index is 0.315. The van der Waals surface area contributed by atoms with E-state index in [1.54, 1.807) is 13.8 Å². The highest BCUT2D eigenvalue weighted by Gasteiger charge is 2.34. The summed E-state index contributed by atoms with van der Waals surface area (Å²) in [6.07, 6.45) is 0. The SMILES string of the molecule is CCOP(=O)(OCC)[C@@H](N)c1cccc(C)c1C. The van der Waals surface area contributed by atoms with Crippen molar-refractivity contribution in [2.24, 2.45) is 5.73 Å². The monoisotopic (exact) mass is 271 g/mol. The van der Waals surface area contributed by atoms with Crippen LogP contribution in [-0.4, -0.2) is 13.2 Å². The van der Waals surface area contributed by atoms with Gasteiger partial charge in [-0.2, -0.15) is 0 Å². The van der Waals surface area contributed by atoms with E-state index in [9.17, 15) is 4.57 Å². The van der Waals surface area contributed by atoms with Crippen LogP contribution in [0.2, 0.25) is 0 Å². The maximum absolute atomic E-state index is 12.6. The summed E-state index contributed by atoms with van der Waals surface area (Å²) in [5, 5.41) is 0. The Morgan fingerprint density at radius 2 is 1.78 bits per heavy atom. The summed E-state index contributed by atoms with van der Waals surface area (Å²) in [6, 6.07) is 5.77.